The lowest BCUT2D eigenvalue weighted by Gasteiger charge is -2.08. The maximum Gasteiger partial charge on any atom is 0.485 e. The fourth-order valence-electron chi connectivity index (χ4n) is 6.23. The molecule has 0 fully saturated rings. The van der Waals surface area contributed by atoms with Crippen molar-refractivity contribution in [2.24, 2.45) is 0 Å². The van der Waals surface area contributed by atoms with E-state index in [-0.39, 0.29) is 32.7 Å². The second-order valence-electron chi connectivity index (χ2n) is 15.4. The zero-order valence-corrected chi connectivity index (χ0v) is 46.4. The molecule has 0 aliphatic rings. The van der Waals surface area contributed by atoms with Crippen LogP contribution in [0.5, 0.6) is 0 Å². The van der Waals surface area contributed by atoms with E-state index in [1.807, 2.05) is 0 Å². The monoisotopic (exact) mass is 1240 g/mol. The molecule has 24 heteroatoms. The molecule has 0 saturated heterocycles. The zero-order chi connectivity index (χ0) is 59.7. The van der Waals surface area contributed by atoms with E-state index in [1.165, 1.54) is 44.1 Å². The molecule has 0 saturated carbocycles. The predicted octanol–water partition coefficient (Wildman–Crippen LogP) is 14.5. The van der Waals surface area contributed by atoms with Gasteiger partial charge in [0.25, 0.3) is 0 Å². The van der Waals surface area contributed by atoms with Gasteiger partial charge in [0.15, 0.2) is 74.4 Å². The van der Waals surface area contributed by atoms with Crippen LogP contribution in [0.25, 0.3) is 0 Å². The summed E-state index contributed by atoms with van der Waals surface area (Å²) in [5.41, 5.74) is -16.9. The summed E-state index contributed by atoms with van der Waals surface area (Å²) >= 11 is 0. The van der Waals surface area contributed by atoms with E-state index in [0.29, 0.717) is 0 Å². The molecule has 0 radical (unpaired) electrons. The Labute approximate surface area is 472 Å². The Morgan fingerprint density at radius 2 is 0.284 bits per heavy atom. The Balaban J connectivity index is 0.000000219. The Kier molecular flexibility index (Phi) is 25.8. The van der Waals surface area contributed by atoms with Gasteiger partial charge in [0.05, 0.1) is 32.7 Å². The summed E-state index contributed by atoms with van der Waals surface area (Å²) in [6, 6.07) is 96.5. The molecule has 9 aromatic rings. The molecule has 0 spiro atoms. The molecule has 9 nitrogen and oxygen atoms in total. The van der Waals surface area contributed by atoms with Gasteiger partial charge in [-0.05, 0) is 109 Å². The van der Waals surface area contributed by atoms with Gasteiger partial charge in [-0.1, -0.05) is 164 Å². The maximum absolute atomic E-state index is 10.7. The summed E-state index contributed by atoms with van der Waals surface area (Å²) in [6.07, 6.45) is 0. The van der Waals surface area contributed by atoms with Crippen molar-refractivity contribution >= 4 is 63.0 Å². The van der Waals surface area contributed by atoms with E-state index in [2.05, 4.69) is 273 Å². The van der Waals surface area contributed by atoms with Crippen molar-refractivity contribution < 1.29 is 78.4 Å². The van der Waals surface area contributed by atoms with Crippen LogP contribution < -0.4 is 0 Å². The summed E-state index contributed by atoms with van der Waals surface area (Å²) in [4.78, 5) is 12.2. The van der Waals surface area contributed by atoms with Gasteiger partial charge >= 0.3 is 16.5 Å². The number of rotatable bonds is 9. The van der Waals surface area contributed by atoms with Gasteiger partial charge in [-0.15, -0.1) is 0 Å². The average molecular weight is 1240 g/mol. The summed E-state index contributed by atoms with van der Waals surface area (Å²) in [7, 11) is -18.3. The van der Waals surface area contributed by atoms with Gasteiger partial charge in [0.2, 0.25) is 0 Å². The molecule has 9 rings (SSSR count). The van der Waals surface area contributed by atoms with Crippen molar-refractivity contribution in [3.05, 3.63) is 273 Å². The van der Waals surface area contributed by atoms with E-state index in [9.17, 15) is 39.5 Å². The van der Waals surface area contributed by atoms with E-state index in [0.717, 1.165) is 0 Å². The summed E-state index contributed by atoms with van der Waals surface area (Å²) in [5, 5.41) is 0. The smallest absolute Gasteiger partial charge is 0.485 e. The molecule has 0 atom stereocenters. The molecule has 0 aliphatic heterocycles. The minimum Gasteiger partial charge on any atom is -0.741 e. The summed E-state index contributed by atoms with van der Waals surface area (Å²) in [5.74, 6) is 0. The van der Waals surface area contributed by atoms with Gasteiger partial charge in [-0.2, -0.15) is 39.5 Å². The topological polar surface area (TPSA) is 172 Å². The van der Waals surface area contributed by atoms with Crippen LogP contribution in [-0.2, 0) is 63.0 Å². The molecular weight excluding hydrogens is 1190 g/mol. The van der Waals surface area contributed by atoms with Gasteiger partial charge in [-0.3, -0.25) is 0 Å². The van der Waals surface area contributed by atoms with Crippen LogP contribution in [0.4, 0.5) is 39.5 Å². The quantitative estimate of drug-likeness (QED) is 0.0590. The van der Waals surface area contributed by atoms with Gasteiger partial charge in [0, 0.05) is 0 Å². The molecular formula is C57H45F9O9S6. The molecule has 0 unspecified atom stereocenters. The molecule has 9 aromatic carbocycles. The predicted molar refractivity (Wildman–Crippen MR) is 292 cm³/mol. The first-order chi connectivity index (χ1) is 38.1. The standard InChI is InChI=1S/3C18H15S.3CHF3O3S/c3*1-4-10-16(11-5-1)19(17-12-6-2-7-13-17)18-14-8-3-9-15-18;3*2-1(3,4)8(5,6)7/h3*1-15H;3*(H,5,6,7)/q3*+1;;;/p-3. The Hall–Kier alpha value is -6.87. The van der Waals surface area contributed by atoms with Crippen LogP contribution >= 0.6 is 0 Å². The average Bonchev–Trinajstić information content (AvgIpc) is 3.44. The van der Waals surface area contributed by atoms with Crippen LogP contribution in [0.3, 0.4) is 0 Å². The van der Waals surface area contributed by atoms with Crippen LogP contribution in [0, 0.1) is 0 Å². The molecule has 0 aliphatic carbocycles. The van der Waals surface area contributed by atoms with Crippen molar-refractivity contribution in [3.63, 3.8) is 0 Å². The first kappa shape index (κ1) is 66.6. The van der Waals surface area contributed by atoms with Crippen molar-refractivity contribution in [3.8, 4) is 0 Å². The Bertz CT molecular complexity index is 2890. The van der Waals surface area contributed by atoms with Crippen molar-refractivity contribution in [2.45, 2.75) is 60.6 Å². The fraction of sp³-hybridized carbons (Fsp3) is 0.0526. The van der Waals surface area contributed by atoms with Crippen LogP contribution in [0.1, 0.15) is 0 Å². The third-order valence-electron chi connectivity index (χ3n) is 9.66. The van der Waals surface area contributed by atoms with E-state index in [1.54, 1.807) is 0 Å². The summed E-state index contributed by atoms with van der Waals surface area (Å²) in [6.45, 7) is 0. The molecule has 0 amide bonds. The molecule has 81 heavy (non-hydrogen) atoms. The first-order valence-corrected chi connectivity index (χ1v) is 30.7. The Morgan fingerprint density at radius 1 is 0.210 bits per heavy atom. The van der Waals surface area contributed by atoms with Crippen LogP contribution in [-0.4, -0.2) is 55.4 Å². The second kappa shape index (κ2) is 31.4. The fourth-order valence-corrected chi connectivity index (χ4v) is 12.5. The molecule has 0 N–H and O–H groups in total. The SMILES string of the molecule is O=S(=O)([O-])C(F)(F)F.O=S(=O)([O-])C(F)(F)F.O=S(=O)([O-])C(F)(F)F.c1ccc([S+](c2ccccc2)c2ccccc2)cc1.c1ccc([S+](c2ccccc2)c2ccccc2)cc1.c1ccc([S+](c2ccccc2)c2ccccc2)cc1. The molecule has 0 heterocycles. The Morgan fingerprint density at radius 3 is 0.346 bits per heavy atom. The third-order valence-corrected chi connectivity index (χ3v) is 18.1. The van der Waals surface area contributed by atoms with Gasteiger partial charge in [0.1, 0.15) is 0 Å². The highest BCUT2D eigenvalue weighted by atomic mass is 32.2. The minimum atomic E-state index is -6.09. The van der Waals surface area contributed by atoms with Crippen molar-refractivity contribution in [1.29, 1.82) is 0 Å². The molecule has 426 valence electrons. The third kappa shape index (κ3) is 22.5. The number of hydrogen-bond acceptors (Lipinski definition) is 9. The summed E-state index contributed by atoms with van der Waals surface area (Å²) < 4.78 is 177. The zero-order valence-electron chi connectivity index (χ0n) is 41.5. The van der Waals surface area contributed by atoms with E-state index >= 15 is 0 Å². The lowest BCUT2D eigenvalue weighted by molar-refractivity contribution is -0.0522. The normalized spacial score (nSPS) is 11.6. The van der Waals surface area contributed by atoms with Crippen molar-refractivity contribution in [2.75, 3.05) is 0 Å². The lowest BCUT2D eigenvalue weighted by atomic mass is 10.4. The van der Waals surface area contributed by atoms with E-state index < -0.39 is 46.9 Å². The number of halogens is 9. The van der Waals surface area contributed by atoms with Gasteiger partial charge in [-0.25, -0.2) is 25.3 Å². The second-order valence-corrected chi connectivity index (χ2v) is 25.6. The highest BCUT2D eigenvalue weighted by molar-refractivity contribution is 7.97. The minimum absolute atomic E-state index is 0.0146. The molecule has 0 aromatic heterocycles. The van der Waals surface area contributed by atoms with Crippen molar-refractivity contribution in [1.82, 2.24) is 0 Å². The van der Waals surface area contributed by atoms with E-state index in [4.69, 9.17) is 38.9 Å². The van der Waals surface area contributed by atoms with Crippen LogP contribution in [0.15, 0.2) is 317 Å². The molecule has 0 bridgehead atoms. The van der Waals surface area contributed by atoms with Crippen LogP contribution in [0.2, 0.25) is 0 Å². The number of alkyl halides is 9. The largest absolute Gasteiger partial charge is 0.741 e. The highest BCUT2D eigenvalue weighted by Gasteiger charge is 2.38. The number of hydrogen-bond donors (Lipinski definition) is 0. The maximum atomic E-state index is 10.7. The first-order valence-electron chi connectivity index (χ1n) is 22.8. The van der Waals surface area contributed by atoms with Gasteiger partial charge < -0.3 is 13.7 Å². The number of benzene rings is 9. The highest BCUT2D eigenvalue weighted by Crippen LogP contribution is 2.33. The lowest BCUT2D eigenvalue weighted by Crippen LogP contribution is -2.21.